The van der Waals surface area contributed by atoms with E-state index in [0.717, 1.165) is 74.7 Å². The first-order valence-electron chi connectivity index (χ1n) is 24.9. The van der Waals surface area contributed by atoms with E-state index >= 15 is 0 Å². The first-order valence-corrected chi connectivity index (χ1v) is 24.9. The van der Waals surface area contributed by atoms with Gasteiger partial charge in [-0.3, -0.25) is 48.8 Å². The van der Waals surface area contributed by atoms with E-state index in [9.17, 15) is 33.9 Å². The summed E-state index contributed by atoms with van der Waals surface area (Å²) >= 11 is 0. The lowest BCUT2D eigenvalue weighted by Gasteiger charge is -2.47. The number of aryl methyl sites for hydroxylation is 1. The van der Waals surface area contributed by atoms with Crippen LogP contribution in [0.15, 0.2) is 65.7 Å². The molecule has 0 saturated carbocycles. The molecule has 5 amide bonds. The Morgan fingerprint density at radius 1 is 0.861 bits per heavy atom. The predicted octanol–water partition coefficient (Wildman–Crippen LogP) is 4.25. The lowest BCUT2D eigenvalue weighted by Crippen LogP contribution is -2.57. The van der Waals surface area contributed by atoms with Gasteiger partial charge in [-0.2, -0.15) is 0 Å². The van der Waals surface area contributed by atoms with Crippen molar-refractivity contribution in [3.8, 4) is 17.0 Å². The molecule has 0 bridgehead atoms. The molecule has 5 aromatic rings. The smallest absolute Gasteiger partial charge is 0.293 e. The minimum atomic E-state index is -1.000. The molecular weight excluding hydrogens is 919 g/mol. The molecule has 2 aromatic carbocycles. The lowest BCUT2D eigenvalue weighted by molar-refractivity contribution is -0.136. The number of aliphatic hydroxyl groups excluding tert-OH is 1. The van der Waals surface area contributed by atoms with Gasteiger partial charge in [0, 0.05) is 118 Å². The number of carbonyl (C=O) groups excluding carboxylic acids is 5. The first kappa shape index (κ1) is 47.0. The predicted molar refractivity (Wildman–Crippen MR) is 269 cm³/mol. The van der Waals surface area contributed by atoms with E-state index in [1.54, 1.807) is 49.7 Å². The highest BCUT2D eigenvalue weighted by Crippen LogP contribution is 2.41. The van der Waals surface area contributed by atoms with Gasteiger partial charge in [0.05, 0.1) is 36.2 Å². The van der Waals surface area contributed by atoms with E-state index in [4.69, 9.17) is 9.72 Å². The summed E-state index contributed by atoms with van der Waals surface area (Å²) in [6.45, 7) is 11.4. The zero-order chi connectivity index (χ0) is 50.3. The summed E-state index contributed by atoms with van der Waals surface area (Å²) in [6, 6.07) is 14.4. The second-order valence-corrected chi connectivity index (χ2v) is 20.8. The van der Waals surface area contributed by atoms with Crippen molar-refractivity contribution in [2.45, 2.75) is 90.6 Å². The molecule has 11 rings (SSSR count). The highest BCUT2D eigenvalue weighted by Gasteiger charge is 2.45. The Bertz CT molecular complexity index is 3150. The van der Waals surface area contributed by atoms with Crippen LogP contribution in [0.1, 0.15) is 94.5 Å². The van der Waals surface area contributed by atoms with Crippen molar-refractivity contribution < 1.29 is 33.8 Å². The Morgan fingerprint density at radius 2 is 1.65 bits per heavy atom. The van der Waals surface area contributed by atoms with Gasteiger partial charge in [-0.1, -0.05) is 13.8 Å². The maximum absolute atomic E-state index is 14.0. The van der Waals surface area contributed by atoms with Gasteiger partial charge in [-0.15, -0.1) is 0 Å². The van der Waals surface area contributed by atoms with E-state index in [0.29, 0.717) is 58.9 Å². The van der Waals surface area contributed by atoms with E-state index in [-0.39, 0.29) is 52.7 Å². The molecule has 374 valence electrons. The molecule has 0 radical (unpaired) electrons. The van der Waals surface area contributed by atoms with Crippen LogP contribution in [0.4, 0.5) is 28.7 Å². The highest BCUT2D eigenvalue weighted by molar-refractivity contribution is 6.23. The highest BCUT2D eigenvalue weighted by atomic mass is 16.5. The Kier molecular flexibility index (Phi) is 11.8. The van der Waals surface area contributed by atoms with Crippen LogP contribution in [-0.4, -0.2) is 128 Å². The Balaban J connectivity index is 0.741. The standard InChI is InChI=1S/C53H59N11O8/c1-30-27-60(33-13-16-59(17-14-33)34-7-8-36-37(24-34)50(69)64(49(36)68)41-10-11-45(66)57-48(41)67)18-19-61(30)40-9-6-32(23-44(40)72-5)55-46-52(71)58(4)28-39(56-46)35-12-15-54-47(38(35)29-65)63-21-20-62-42(51(63)70)22-31-25-53(2,3)26-43(31)62/h6-9,12,15,22-24,28,30,33,41,65H,10-11,13-14,16-21,25-27,29H2,1-5H3,(H,55,56)(H,57,66,67)/t30-,41-/m0/s1. The molecule has 0 unspecified atom stereocenters. The van der Waals surface area contributed by atoms with Gasteiger partial charge in [0.25, 0.3) is 23.3 Å². The molecule has 1 aliphatic carbocycles. The number of ether oxygens (including phenoxy) is 1. The number of fused-ring (bicyclic) bond motifs is 4. The number of hydrogen-bond acceptors (Lipinski definition) is 14. The van der Waals surface area contributed by atoms with E-state index in [1.807, 2.05) is 30.3 Å². The zero-order valence-corrected chi connectivity index (χ0v) is 41.2. The van der Waals surface area contributed by atoms with Crippen LogP contribution in [0.2, 0.25) is 0 Å². The third-order valence-electron chi connectivity index (χ3n) is 15.6. The lowest BCUT2D eigenvalue weighted by atomic mass is 9.90. The van der Waals surface area contributed by atoms with Gasteiger partial charge < -0.3 is 34.1 Å². The Hall–Kier alpha value is -7.38. The summed E-state index contributed by atoms with van der Waals surface area (Å²) in [6.07, 6.45) is 7.12. The van der Waals surface area contributed by atoms with Gasteiger partial charge in [0.1, 0.15) is 23.3 Å². The minimum absolute atomic E-state index is 0.0733. The van der Waals surface area contributed by atoms with Gasteiger partial charge >= 0.3 is 0 Å². The molecular formula is C53H59N11O8. The number of piperidine rings is 2. The van der Waals surface area contributed by atoms with E-state index in [1.165, 1.54) is 15.8 Å². The second-order valence-electron chi connectivity index (χ2n) is 20.8. The van der Waals surface area contributed by atoms with Crippen molar-refractivity contribution in [2.24, 2.45) is 12.5 Å². The number of pyridine rings is 1. The fourth-order valence-electron chi connectivity index (χ4n) is 12.0. The van der Waals surface area contributed by atoms with Crippen LogP contribution in [0.5, 0.6) is 5.75 Å². The van der Waals surface area contributed by atoms with Crippen LogP contribution >= 0.6 is 0 Å². The van der Waals surface area contributed by atoms with E-state index in [2.05, 4.69) is 55.7 Å². The summed E-state index contributed by atoms with van der Waals surface area (Å²) in [5, 5.41) is 16.3. The number of carbonyl (C=O) groups is 5. The van der Waals surface area contributed by atoms with Gasteiger partial charge in [-0.05, 0) is 92.5 Å². The number of rotatable bonds is 10. The molecule has 5 aliphatic heterocycles. The maximum Gasteiger partial charge on any atom is 0.293 e. The van der Waals surface area contributed by atoms with Crippen molar-refractivity contribution in [3.63, 3.8) is 0 Å². The SMILES string of the molecule is COc1cc(Nc2nc(-c3ccnc(N4CCn5c(cc6c5CC(C)(C)C6)C4=O)c3CO)cn(C)c2=O)ccc1N1CCN(C2CCN(c3ccc4c(c3)C(=O)N([C@H]3CCC(=O)NC3=O)C4=O)CC2)C[C@@H]1C. The maximum atomic E-state index is 14.0. The second kappa shape index (κ2) is 18.0. The average Bonchev–Trinajstić information content (AvgIpc) is 3.96. The summed E-state index contributed by atoms with van der Waals surface area (Å²) in [5.74, 6) is -1.10. The minimum Gasteiger partial charge on any atom is -0.495 e. The molecule has 19 heteroatoms. The number of piperazine rings is 1. The fourth-order valence-corrected chi connectivity index (χ4v) is 12.0. The number of methoxy groups -OCH3 is 1. The van der Waals surface area contributed by atoms with Crippen LogP contribution < -0.4 is 35.6 Å². The number of imide groups is 2. The summed E-state index contributed by atoms with van der Waals surface area (Å²) in [7, 11) is 3.28. The van der Waals surface area contributed by atoms with Crippen LogP contribution in [0, 0.1) is 5.41 Å². The number of nitrogens with one attached hydrogen (secondary N) is 2. The van der Waals surface area contributed by atoms with Gasteiger partial charge in [0.15, 0.2) is 5.82 Å². The van der Waals surface area contributed by atoms with Crippen molar-refractivity contribution in [1.82, 2.24) is 34.2 Å². The number of nitrogens with zero attached hydrogens (tertiary/aromatic N) is 9. The first-order chi connectivity index (χ1) is 34.6. The molecule has 8 heterocycles. The Labute approximate surface area is 416 Å². The number of hydrogen-bond donors (Lipinski definition) is 3. The summed E-state index contributed by atoms with van der Waals surface area (Å²) in [5.41, 5.74) is 7.30. The molecule has 6 aliphatic rings. The quantitative estimate of drug-likeness (QED) is 0.167. The van der Waals surface area contributed by atoms with Crippen LogP contribution in [-0.2, 0) is 42.6 Å². The fraction of sp³-hybridized carbons (Fsp3) is 0.434. The number of aliphatic hydroxyl groups is 1. The molecule has 0 spiro atoms. The molecule has 3 fully saturated rings. The topological polar surface area (TPSA) is 208 Å². The molecule has 72 heavy (non-hydrogen) atoms. The van der Waals surface area contributed by atoms with Crippen molar-refractivity contribution >= 4 is 58.2 Å². The van der Waals surface area contributed by atoms with E-state index < -0.39 is 36.3 Å². The molecule has 2 atom stereocenters. The zero-order valence-electron chi connectivity index (χ0n) is 41.2. The Morgan fingerprint density at radius 3 is 2.40 bits per heavy atom. The number of amides is 5. The van der Waals surface area contributed by atoms with Gasteiger partial charge in [0.2, 0.25) is 11.8 Å². The summed E-state index contributed by atoms with van der Waals surface area (Å²) in [4.78, 5) is 97.9. The van der Waals surface area contributed by atoms with Crippen LogP contribution in [0.3, 0.4) is 0 Å². The average molecular weight is 978 g/mol. The molecule has 19 nitrogen and oxygen atoms in total. The molecule has 3 aromatic heterocycles. The normalized spacial score (nSPS) is 21.3. The number of anilines is 5. The summed E-state index contributed by atoms with van der Waals surface area (Å²) < 4.78 is 9.56. The third-order valence-corrected chi connectivity index (χ3v) is 15.6. The van der Waals surface area contributed by atoms with Crippen LogP contribution in [0.25, 0.3) is 11.3 Å². The largest absolute Gasteiger partial charge is 0.495 e. The third kappa shape index (κ3) is 8.07. The van der Waals surface area contributed by atoms with Gasteiger partial charge in [-0.25, -0.2) is 9.97 Å². The monoisotopic (exact) mass is 977 g/mol. The molecule has 3 N–H and O–H groups in total. The number of aromatic nitrogens is 4. The number of benzene rings is 2. The molecule has 3 saturated heterocycles. The van der Waals surface area contributed by atoms with Crippen molar-refractivity contribution in [3.05, 3.63) is 105 Å². The van der Waals surface area contributed by atoms with Crippen molar-refractivity contribution in [1.29, 1.82) is 0 Å². The van der Waals surface area contributed by atoms with Crippen molar-refractivity contribution in [2.75, 3.05) is 66.4 Å².